The fraction of sp³-hybridized carbons (Fsp3) is 0.118. The third-order valence-corrected chi connectivity index (χ3v) is 3.73. The first-order chi connectivity index (χ1) is 10.3. The molecule has 0 aliphatic rings. The molecule has 3 rings (SSSR count). The fourth-order valence-electron chi connectivity index (χ4n) is 2.24. The summed E-state index contributed by atoms with van der Waals surface area (Å²) in [5.74, 6) is 1.61. The van der Waals surface area contributed by atoms with E-state index in [1.165, 1.54) is 0 Å². The van der Waals surface area contributed by atoms with Crippen LogP contribution in [0.2, 0.25) is 0 Å². The van der Waals surface area contributed by atoms with E-state index >= 15 is 0 Å². The molecule has 0 bridgehead atoms. The van der Waals surface area contributed by atoms with Gasteiger partial charge in [0.1, 0.15) is 11.5 Å². The van der Waals surface area contributed by atoms with E-state index in [1.807, 2.05) is 48.5 Å². The van der Waals surface area contributed by atoms with Crippen LogP contribution in [0, 0.1) is 0 Å². The van der Waals surface area contributed by atoms with Crippen LogP contribution in [0.4, 0.5) is 0 Å². The third kappa shape index (κ3) is 3.23. The van der Waals surface area contributed by atoms with Crippen molar-refractivity contribution in [1.82, 2.24) is 4.98 Å². The summed E-state index contributed by atoms with van der Waals surface area (Å²) in [6, 6.07) is 15.8. The van der Waals surface area contributed by atoms with Gasteiger partial charge in [0.2, 0.25) is 0 Å². The summed E-state index contributed by atoms with van der Waals surface area (Å²) in [4.78, 5) is 4.35. The van der Waals surface area contributed by atoms with Crippen molar-refractivity contribution >= 4 is 26.8 Å². The van der Waals surface area contributed by atoms with Crippen LogP contribution < -0.4 is 10.5 Å². The van der Waals surface area contributed by atoms with Gasteiger partial charge in [-0.05, 0) is 54.9 Å². The Balaban J connectivity index is 1.94. The Labute approximate surface area is 131 Å². The van der Waals surface area contributed by atoms with E-state index in [9.17, 15) is 0 Å². The Hall–Kier alpha value is -1.91. The smallest absolute Gasteiger partial charge is 0.130 e. The van der Waals surface area contributed by atoms with Gasteiger partial charge in [0, 0.05) is 22.1 Å². The normalized spacial score (nSPS) is 10.8. The standard InChI is InChI=1S/C17H15BrN2O/c18-14-4-6-17(13(10-14)7-8-19)21-15-5-3-12-2-1-9-20-16(12)11-15/h1-6,9-11H,7-8,19H2. The molecule has 1 heterocycles. The zero-order chi connectivity index (χ0) is 14.7. The fourth-order valence-corrected chi connectivity index (χ4v) is 2.64. The van der Waals surface area contributed by atoms with E-state index in [-0.39, 0.29) is 0 Å². The summed E-state index contributed by atoms with van der Waals surface area (Å²) in [6.07, 6.45) is 2.56. The second-order valence-electron chi connectivity index (χ2n) is 4.75. The van der Waals surface area contributed by atoms with Crippen molar-refractivity contribution in [1.29, 1.82) is 0 Å². The zero-order valence-corrected chi connectivity index (χ0v) is 13.0. The van der Waals surface area contributed by atoms with E-state index in [2.05, 4.69) is 20.9 Å². The molecule has 0 atom stereocenters. The van der Waals surface area contributed by atoms with Crippen molar-refractivity contribution in [3.63, 3.8) is 0 Å². The van der Waals surface area contributed by atoms with E-state index in [0.717, 1.165) is 38.9 Å². The van der Waals surface area contributed by atoms with Crippen molar-refractivity contribution < 1.29 is 4.74 Å². The number of pyridine rings is 1. The summed E-state index contributed by atoms with van der Waals surface area (Å²) < 4.78 is 7.04. The number of nitrogens with two attached hydrogens (primary N) is 1. The number of hydrogen-bond donors (Lipinski definition) is 1. The molecule has 1 aromatic heterocycles. The van der Waals surface area contributed by atoms with Gasteiger partial charge in [-0.2, -0.15) is 0 Å². The van der Waals surface area contributed by atoms with Crippen molar-refractivity contribution in [3.8, 4) is 11.5 Å². The van der Waals surface area contributed by atoms with Crippen LogP contribution in [0.5, 0.6) is 11.5 Å². The number of benzene rings is 2. The highest BCUT2D eigenvalue weighted by Crippen LogP contribution is 2.29. The van der Waals surface area contributed by atoms with Gasteiger partial charge >= 0.3 is 0 Å². The number of fused-ring (bicyclic) bond motifs is 1. The van der Waals surface area contributed by atoms with Crippen molar-refractivity contribution in [3.05, 3.63) is 64.8 Å². The van der Waals surface area contributed by atoms with E-state index in [4.69, 9.17) is 10.5 Å². The van der Waals surface area contributed by atoms with E-state index < -0.39 is 0 Å². The average molecular weight is 343 g/mol. The number of hydrogen-bond acceptors (Lipinski definition) is 3. The molecule has 0 saturated heterocycles. The van der Waals surface area contributed by atoms with Crippen LogP contribution in [0.3, 0.4) is 0 Å². The summed E-state index contributed by atoms with van der Waals surface area (Å²) in [6.45, 7) is 0.589. The molecule has 2 aromatic carbocycles. The summed E-state index contributed by atoms with van der Waals surface area (Å²) in [5, 5.41) is 1.10. The molecule has 0 radical (unpaired) electrons. The minimum absolute atomic E-state index is 0.589. The van der Waals surface area contributed by atoms with Gasteiger partial charge in [-0.3, -0.25) is 4.98 Å². The van der Waals surface area contributed by atoms with Crippen LogP contribution >= 0.6 is 15.9 Å². The average Bonchev–Trinajstić information content (AvgIpc) is 2.50. The van der Waals surface area contributed by atoms with Crippen molar-refractivity contribution in [2.45, 2.75) is 6.42 Å². The zero-order valence-electron chi connectivity index (χ0n) is 11.4. The van der Waals surface area contributed by atoms with Gasteiger partial charge in [0.05, 0.1) is 5.52 Å². The molecule has 0 aliphatic heterocycles. The number of aromatic nitrogens is 1. The SMILES string of the molecule is NCCc1cc(Br)ccc1Oc1ccc2cccnc2c1. The van der Waals surface area contributed by atoms with Gasteiger partial charge < -0.3 is 10.5 Å². The largest absolute Gasteiger partial charge is 0.457 e. The highest BCUT2D eigenvalue weighted by Gasteiger charge is 2.06. The van der Waals surface area contributed by atoms with Gasteiger partial charge in [0.25, 0.3) is 0 Å². The second-order valence-corrected chi connectivity index (χ2v) is 5.67. The van der Waals surface area contributed by atoms with Gasteiger partial charge in [-0.15, -0.1) is 0 Å². The van der Waals surface area contributed by atoms with Crippen molar-refractivity contribution in [2.24, 2.45) is 5.73 Å². The molecular formula is C17H15BrN2O. The molecule has 21 heavy (non-hydrogen) atoms. The van der Waals surface area contributed by atoms with Crippen LogP contribution in [0.15, 0.2) is 59.2 Å². The minimum atomic E-state index is 0.589. The van der Waals surface area contributed by atoms with Gasteiger partial charge in [-0.1, -0.05) is 22.0 Å². The Morgan fingerprint density at radius 2 is 2.00 bits per heavy atom. The van der Waals surface area contributed by atoms with E-state index in [0.29, 0.717) is 6.54 Å². The lowest BCUT2D eigenvalue weighted by atomic mass is 10.1. The molecule has 0 spiro atoms. The molecule has 3 nitrogen and oxygen atoms in total. The number of nitrogens with zero attached hydrogens (tertiary/aromatic N) is 1. The Bertz CT molecular complexity index is 774. The first kappa shape index (κ1) is 14.0. The molecule has 0 unspecified atom stereocenters. The second kappa shape index (κ2) is 6.24. The maximum Gasteiger partial charge on any atom is 0.130 e. The van der Waals surface area contributed by atoms with Crippen LogP contribution in [0.25, 0.3) is 10.9 Å². The molecular weight excluding hydrogens is 328 g/mol. The van der Waals surface area contributed by atoms with Crippen LogP contribution in [-0.4, -0.2) is 11.5 Å². The summed E-state index contributed by atoms with van der Waals surface area (Å²) >= 11 is 3.48. The molecule has 4 heteroatoms. The number of rotatable bonds is 4. The molecule has 2 N–H and O–H groups in total. The Morgan fingerprint density at radius 1 is 1.10 bits per heavy atom. The molecule has 0 fully saturated rings. The van der Waals surface area contributed by atoms with Crippen molar-refractivity contribution in [2.75, 3.05) is 6.54 Å². The molecule has 3 aromatic rings. The third-order valence-electron chi connectivity index (χ3n) is 3.24. The molecule has 106 valence electrons. The summed E-state index contributed by atoms with van der Waals surface area (Å²) in [7, 11) is 0. The van der Waals surface area contributed by atoms with Crippen LogP contribution in [0.1, 0.15) is 5.56 Å². The maximum absolute atomic E-state index is 6.01. The predicted octanol–water partition coefficient (Wildman–Crippen LogP) is 4.29. The topological polar surface area (TPSA) is 48.1 Å². The first-order valence-electron chi connectivity index (χ1n) is 6.77. The monoisotopic (exact) mass is 342 g/mol. The lowest BCUT2D eigenvalue weighted by Crippen LogP contribution is -2.04. The minimum Gasteiger partial charge on any atom is -0.457 e. The number of halogens is 1. The molecule has 0 aliphatic carbocycles. The quantitative estimate of drug-likeness (QED) is 0.769. The lowest BCUT2D eigenvalue weighted by Gasteiger charge is -2.11. The van der Waals surface area contributed by atoms with Gasteiger partial charge in [0.15, 0.2) is 0 Å². The first-order valence-corrected chi connectivity index (χ1v) is 7.57. The van der Waals surface area contributed by atoms with E-state index in [1.54, 1.807) is 6.20 Å². The lowest BCUT2D eigenvalue weighted by molar-refractivity contribution is 0.476. The molecule has 0 saturated carbocycles. The highest BCUT2D eigenvalue weighted by atomic mass is 79.9. The van der Waals surface area contributed by atoms with Gasteiger partial charge in [-0.25, -0.2) is 0 Å². The Morgan fingerprint density at radius 3 is 2.86 bits per heavy atom. The summed E-state index contributed by atoms with van der Waals surface area (Å²) in [5.41, 5.74) is 7.68. The highest BCUT2D eigenvalue weighted by molar-refractivity contribution is 9.10. The Kier molecular flexibility index (Phi) is 4.18. The van der Waals surface area contributed by atoms with Crippen LogP contribution in [-0.2, 0) is 6.42 Å². The number of ether oxygens (including phenoxy) is 1. The predicted molar refractivity (Wildman–Crippen MR) is 88.7 cm³/mol. The maximum atomic E-state index is 6.01. The molecule has 0 amide bonds.